The third kappa shape index (κ3) is 6.60. The first-order chi connectivity index (χ1) is 12.9. The molecule has 2 amide bonds. The summed E-state index contributed by atoms with van der Waals surface area (Å²) >= 11 is 1.49. The second-order valence-electron chi connectivity index (χ2n) is 6.52. The van der Waals surface area contributed by atoms with Crippen LogP contribution in [-0.2, 0) is 22.7 Å². The Morgan fingerprint density at radius 1 is 1.15 bits per heavy atom. The van der Waals surface area contributed by atoms with Gasteiger partial charge >= 0.3 is 12.0 Å². The zero-order valence-corrected chi connectivity index (χ0v) is 16.6. The Morgan fingerprint density at radius 2 is 1.85 bits per heavy atom. The molecule has 0 bridgehead atoms. The Morgan fingerprint density at radius 3 is 2.48 bits per heavy atom. The van der Waals surface area contributed by atoms with Crippen molar-refractivity contribution < 1.29 is 14.3 Å². The van der Waals surface area contributed by atoms with Crippen molar-refractivity contribution in [1.82, 2.24) is 15.6 Å². The van der Waals surface area contributed by atoms with Crippen molar-refractivity contribution in [3.63, 3.8) is 0 Å². The van der Waals surface area contributed by atoms with Gasteiger partial charge in [0.1, 0.15) is 12.6 Å². The largest absolute Gasteiger partial charge is 0.459 e. The first kappa shape index (κ1) is 20.8. The van der Waals surface area contributed by atoms with Crippen LogP contribution in [0.1, 0.15) is 25.0 Å². The fourth-order valence-electron chi connectivity index (χ4n) is 2.31. The van der Waals surface area contributed by atoms with Crippen molar-refractivity contribution in [1.29, 1.82) is 0 Å². The van der Waals surface area contributed by atoms with Gasteiger partial charge in [-0.05, 0) is 37.3 Å². The van der Waals surface area contributed by atoms with Crippen LogP contribution in [0.3, 0.4) is 0 Å². The van der Waals surface area contributed by atoms with E-state index in [1.807, 2.05) is 56.5 Å². The van der Waals surface area contributed by atoms with Crippen molar-refractivity contribution in [2.75, 3.05) is 6.26 Å². The average molecular weight is 388 g/mol. The summed E-state index contributed by atoms with van der Waals surface area (Å²) in [7, 11) is 0. The number of thioether (sulfide) groups is 1. The van der Waals surface area contributed by atoms with Gasteiger partial charge in [-0.15, -0.1) is 0 Å². The third-order valence-electron chi connectivity index (χ3n) is 4.13. The second kappa shape index (κ2) is 9.97. The zero-order chi connectivity index (χ0) is 19.7. The van der Waals surface area contributed by atoms with E-state index in [9.17, 15) is 9.59 Å². The van der Waals surface area contributed by atoms with Crippen LogP contribution >= 0.6 is 11.8 Å². The van der Waals surface area contributed by atoms with E-state index in [0.29, 0.717) is 6.54 Å². The van der Waals surface area contributed by atoms with Crippen LogP contribution in [0.25, 0.3) is 0 Å². The summed E-state index contributed by atoms with van der Waals surface area (Å²) in [5.74, 6) is -0.463. The first-order valence-electron chi connectivity index (χ1n) is 8.61. The number of carbonyl (C=O) groups is 2. The molecule has 0 saturated heterocycles. The standard InChI is InChI=1S/C20H25N3O3S/c1-20(2,27-3)17(18(24)26-14-15-8-5-4-6-9-15)23-19(25)22-13-16-10-7-11-21-12-16/h4-12,17H,13-14H2,1-3H3,(H2,22,23,25)/t17-/m1/s1. The number of ether oxygens (including phenoxy) is 1. The molecule has 2 rings (SSSR count). The maximum Gasteiger partial charge on any atom is 0.330 e. The molecule has 6 nitrogen and oxygen atoms in total. The molecule has 2 aromatic rings. The lowest BCUT2D eigenvalue weighted by Gasteiger charge is -2.31. The summed E-state index contributed by atoms with van der Waals surface area (Å²) in [6, 6.07) is 11.9. The van der Waals surface area contributed by atoms with Crippen LogP contribution in [0.4, 0.5) is 4.79 Å². The minimum absolute atomic E-state index is 0.166. The minimum atomic E-state index is -0.787. The molecule has 1 atom stereocenters. The van der Waals surface area contributed by atoms with Gasteiger partial charge in [0, 0.05) is 23.7 Å². The topological polar surface area (TPSA) is 80.3 Å². The number of carbonyl (C=O) groups excluding carboxylic acids is 2. The highest BCUT2D eigenvalue weighted by Gasteiger charge is 2.37. The molecule has 1 aromatic carbocycles. The molecule has 0 spiro atoms. The number of hydrogen-bond donors (Lipinski definition) is 2. The van der Waals surface area contributed by atoms with Crippen LogP contribution in [0.15, 0.2) is 54.9 Å². The van der Waals surface area contributed by atoms with Gasteiger partial charge < -0.3 is 15.4 Å². The van der Waals surface area contributed by atoms with E-state index >= 15 is 0 Å². The predicted octanol–water partition coefficient (Wildman–Crippen LogP) is 3.13. The lowest BCUT2D eigenvalue weighted by Crippen LogP contribution is -2.55. The predicted molar refractivity (Wildman–Crippen MR) is 107 cm³/mol. The molecule has 0 unspecified atom stereocenters. The van der Waals surface area contributed by atoms with Crippen molar-refractivity contribution in [2.24, 2.45) is 0 Å². The normalized spacial score (nSPS) is 12.1. The van der Waals surface area contributed by atoms with E-state index in [1.54, 1.807) is 18.5 Å². The summed E-state index contributed by atoms with van der Waals surface area (Å²) in [5, 5.41) is 5.50. The number of hydrogen-bond acceptors (Lipinski definition) is 5. The number of pyridine rings is 1. The van der Waals surface area contributed by atoms with Gasteiger partial charge in [-0.2, -0.15) is 11.8 Å². The number of rotatable bonds is 8. The number of amides is 2. The zero-order valence-electron chi connectivity index (χ0n) is 15.8. The number of benzene rings is 1. The molecule has 27 heavy (non-hydrogen) atoms. The summed E-state index contributed by atoms with van der Waals surface area (Å²) in [6.45, 7) is 4.28. The molecule has 0 radical (unpaired) electrons. The van der Waals surface area contributed by atoms with Gasteiger partial charge in [0.2, 0.25) is 0 Å². The summed E-state index contributed by atoms with van der Waals surface area (Å²) < 4.78 is 4.91. The molecule has 2 N–H and O–H groups in total. The highest BCUT2D eigenvalue weighted by molar-refractivity contribution is 8.00. The van der Waals surface area contributed by atoms with E-state index in [4.69, 9.17) is 4.74 Å². The maximum atomic E-state index is 12.6. The molecule has 1 heterocycles. The minimum Gasteiger partial charge on any atom is -0.459 e. The van der Waals surface area contributed by atoms with Gasteiger partial charge in [0.25, 0.3) is 0 Å². The fourth-order valence-corrected chi connectivity index (χ4v) is 2.70. The monoisotopic (exact) mass is 387 g/mol. The molecular formula is C20H25N3O3S. The third-order valence-corrected chi connectivity index (χ3v) is 5.42. The molecule has 0 saturated carbocycles. The van der Waals surface area contributed by atoms with Gasteiger partial charge in [-0.25, -0.2) is 9.59 Å². The van der Waals surface area contributed by atoms with E-state index < -0.39 is 22.8 Å². The van der Waals surface area contributed by atoms with Gasteiger partial charge in [0.15, 0.2) is 0 Å². The molecule has 7 heteroatoms. The molecule has 0 fully saturated rings. The Labute approximate surface area is 164 Å². The lowest BCUT2D eigenvalue weighted by atomic mass is 10.0. The van der Waals surface area contributed by atoms with E-state index in [0.717, 1.165) is 11.1 Å². The number of urea groups is 1. The summed E-state index contributed by atoms with van der Waals surface area (Å²) in [6.07, 6.45) is 5.24. The van der Waals surface area contributed by atoms with Gasteiger partial charge in [0.05, 0.1) is 0 Å². The summed E-state index contributed by atoms with van der Waals surface area (Å²) in [5.41, 5.74) is 1.77. The van der Waals surface area contributed by atoms with Crippen LogP contribution < -0.4 is 10.6 Å². The van der Waals surface area contributed by atoms with Crippen LogP contribution in [0.5, 0.6) is 0 Å². The lowest BCUT2D eigenvalue weighted by molar-refractivity contribution is -0.147. The number of nitrogens with one attached hydrogen (secondary N) is 2. The quantitative estimate of drug-likeness (QED) is 0.680. The van der Waals surface area contributed by atoms with E-state index in [2.05, 4.69) is 15.6 Å². The van der Waals surface area contributed by atoms with Crippen molar-refractivity contribution >= 4 is 23.8 Å². The fraction of sp³-hybridized carbons (Fsp3) is 0.350. The van der Waals surface area contributed by atoms with Gasteiger partial charge in [-0.1, -0.05) is 36.4 Å². The molecular weight excluding hydrogens is 362 g/mol. The van der Waals surface area contributed by atoms with E-state index in [-0.39, 0.29) is 6.61 Å². The van der Waals surface area contributed by atoms with Crippen molar-refractivity contribution in [3.8, 4) is 0 Å². The Hall–Kier alpha value is -2.54. The van der Waals surface area contributed by atoms with Crippen molar-refractivity contribution in [3.05, 3.63) is 66.0 Å². The van der Waals surface area contributed by atoms with E-state index in [1.165, 1.54) is 11.8 Å². The highest BCUT2D eigenvalue weighted by atomic mass is 32.2. The smallest absolute Gasteiger partial charge is 0.330 e. The molecule has 144 valence electrons. The average Bonchev–Trinajstić information content (AvgIpc) is 2.70. The number of esters is 1. The van der Waals surface area contributed by atoms with Crippen LogP contribution in [0.2, 0.25) is 0 Å². The summed E-state index contributed by atoms with van der Waals surface area (Å²) in [4.78, 5) is 29.0. The Balaban J connectivity index is 1.96. The Bertz CT molecular complexity index is 739. The maximum absolute atomic E-state index is 12.6. The van der Waals surface area contributed by atoms with Crippen LogP contribution in [-0.4, -0.2) is 34.0 Å². The SMILES string of the molecule is CSC(C)(C)[C@H](NC(=O)NCc1cccnc1)C(=O)OCc1ccccc1. The van der Waals surface area contributed by atoms with Crippen LogP contribution in [0, 0.1) is 0 Å². The molecule has 0 aliphatic heterocycles. The number of aromatic nitrogens is 1. The second-order valence-corrected chi connectivity index (χ2v) is 7.98. The highest BCUT2D eigenvalue weighted by Crippen LogP contribution is 2.26. The molecule has 0 aliphatic rings. The van der Waals surface area contributed by atoms with Gasteiger partial charge in [-0.3, -0.25) is 4.98 Å². The molecule has 0 aliphatic carbocycles. The van der Waals surface area contributed by atoms with Crippen molar-refractivity contribution in [2.45, 2.75) is 37.8 Å². The first-order valence-corrected chi connectivity index (χ1v) is 9.84. The Kier molecular flexibility index (Phi) is 7.67. The molecule has 1 aromatic heterocycles. The number of nitrogens with zero attached hydrogens (tertiary/aromatic N) is 1.